The zero-order valence-corrected chi connectivity index (χ0v) is 18.2. The molecule has 0 radical (unpaired) electrons. The number of ether oxygens (including phenoxy) is 1. The van der Waals surface area contributed by atoms with Gasteiger partial charge in [-0.25, -0.2) is 9.97 Å². The maximum atomic E-state index is 13.7. The van der Waals surface area contributed by atoms with E-state index in [9.17, 15) is 4.79 Å². The lowest BCUT2D eigenvalue weighted by Gasteiger charge is -2.43. The largest absolute Gasteiger partial charge is 0.381 e. The van der Waals surface area contributed by atoms with Crippen molar-refractivity contribution in [3.63, 3.8) is 0 Å². The summed E-state index contributed by atoms with van der Waals surface area (Å²) in [6.07, 6.45) is 3.21. The van der Waals surface area contributed by atoms with E-state index in [4.69, 9.17) is 21.3 Å². The second-order valence-electron chi connectivity index (χ2n) is 7.80. The van der Waals surface area contributed by atoms with Crippen LogP contribution in [0.5, 0.6) is 0 Å². The average Bonchev–Trinajstić information content (AvgIpc) is 3.24. The molecule has 2 fully saturated rings. The van der Waals surface area contributed by atoms with Crippen LogP contribution in [0.15, 0.2) is 42.6 Å². The van der Waals surface area contributed by atoms with Crippen molar-refractivity contribution in [2.45, 2.75) is 18.3 Å². The molecular formula is C22H23ClN4O2S. The first-order valence-corrected chi connectivity index (χ1v) is 11.4. The summed E-state index contributed by atoms with van der Waals surface area (Å²) in [5.41, 5.74) is 1.45. The number of rotatable bonds is 3. The maximum Gasteiger partial charge on any atom is 0.233 e. The van der Waals surface area contributed by atoms with Crippen LogP contribution in [0, 0.1) is 0 Å². The van der Waals surface area contributed by atoms with E-state index in [-0.39, 0.29) is 5.91 Å². The highest BCUT2D eigenvalue weighted by Gasteiger charge is 2.44. The molecular weight excluding hydrogens is 420 g/mol. The van der Waals surface area contributed by atoms with Crippen molar-refractivity contribution in [1.82, 2.24) is 14.9 Å². The van der Waals surface area contributed by atoms with Crippen molar-refractivity contribution in [3.8, 4) is 0 Å². The van der Waals surface area contributed by atoms with E-state index >= 15 is 0 Å². The number of anilines is 1. The van der Waals surface area contributed by atoms with Crippen LogP contribution in [0.1, 0.15) is 18.4 Å². The molecule has 0 spiro atoms. The maximum absolute atomic E-state index is 13.7. The van der Waals surface area contributed by atoms with Gasteiger partial charge in [0.2, 0.25) is 5.91 Å². The van der Waals surface area contributed by atoms with Gasteiger partial charge in [0.05, 0.1) is 5.41 Å². The first-order chi connectivity index (χ1) is 14.7. The van der Waals surface area contributed by atoms with E-state index in [2.05, 4.69) is 9.88 Å². The molecule has 4 heterocycles. The predicted molar refractivity (Wildman–Crippen MR) is 119 cm³/mol. The van der Waals surface area contributed by atoms with E-state index < -0.39 is 5.41 Å². The van der Waals surface area contributed by atoms with Crippen LogP contribution in [0.25, 0.3) is 10.3 Å². The van der Waals surface area contributed by atoms with Crippen molar-refractivity contribution in [2.24, 2.45) is 0 Å². The number of hydrogen-bond acceptors (Lipinski definition) is 6. The van der Waals surface area contributed by atoms with E-state index in [1.165, 1.54) is 0 Å². The molecule has 30 heavy (non-hydrogen) atoms. The average molecular weight is 443 g/mol. The van der Waals surface area contributed by atoms with E-state index in [1.807, 2.05) is 41.3 Å². The highest BCUT2D eigenvalue weighted by atomic mass is 35.5. The van der Waals surface area contributed by atoms with Crippen molar-refractivity contribution in [1.29, 1.82) is 0 Å². The summed E-state index contributed by atoms with van der Waals surface area (Å²) in [5, 5.41) is 1.67. The minimum absolute atomic E-state index is 0.207. The highest BCUT2D eigenvalue weighted by molar-refractivity contribution is 7.21. The second kappa shape index (κ2) is 8.13. The van der Waals surface area contributed by atoms with Crippen LogP contribution in [-0.2, 0) is 14.9 Å². The molecule has 2 aromatic heterocycles. The van der Waals surface area contributed by atoms with Crippen LogP contribution >= 0.6 is 22.9 Å². The smallest absolute Gasteiger partial charge is 0.233 e. The molecule has 3 aromatic rings. The normalized spacial score (nSPS) is 19.2. The summed E-state index contributed by atoms with van der Waals surface area (Å²) in [6.45, 7) is 4.15. The lowest BCUT2D eigenvalue weighted by atomic mass is 9.73. The van der Waals surface area contributed by atoms with E-state index in [1.54, 1.807) is 17.5 Å². The Morgan fingerprint density at radius 2 is 1.80 bits per heavy atom. The number of nitrogens with zero attached hydrogens (tertiary/aromatic N) is 4. The van der Waals surface area contributed by atoms with Gasteiger partial charge in [0.25, 0.3) is 0 Å². The number of pyridine rings is 1. The number of carbonyl (C=O) groups is 1. The van der Waals surface area contributed by atoms with Gasteiger partial charge in [0, 0.05) is 50.6 Å². The van der Waals surface area contributed by atoms with Crippen molar-refractivity contribution in [2.75, 3.05) is 44.3 Å². The molecule has 8 heteroatoms. The van der Waals surface area contributed by atoms with E-state index in [0.717, 1.165) is 34.1 Å². The van der Waals surface area contributed by atoms with Gasteiger partial charge in [0.1, 0.15) is 10.3 Å². The molecule has 5 rings (SSSR count). The third-order valence-electron chi connectivity index (χ3n) is 6.15. The number of amides is 1. The Balaban J connectivity index is 1.33. The number of hydrogen-bond donors (Lipinski definition) is 0. The molecule has 156 valence electrons. The number of carbonyl (C=O) groups excluding carboxylic acids is 1. The van der Waals surface area contributed by atoms with Crippen LogP contribution in [0.2, 0.25) is 5.02 Å². The van der Waals surface area contributed by atoms with Gasteiger partial charge in [-0.15, -0.1) is 0 Å². The number of aromatic nitrogens is 2. The van der Waals surface area contributed by atoms with E-state index in [0.29, 0.717) is 44.2 Å². The zero-order valence-electron chi connectivity index (χ0n) is 16.6. The minimum Gasteiger partial charge on any atom is -0.381 e. The van der Waals surface area contributed by atoms with Crippen LogP contribution < -0.4 is 4.90 Å². The lowest BCUT2D eigenvalue weighted by Crippen LogP contribution is -2.56. The SMILES string of the molecule is O=C(N1CCN(c2nc3cccnc3s2)CC1)C1(c2ccc(Cl)cc2)CCOCC1. The Morgan fingerprint density at radius 1 is 1.07 bits per heavy atom. The highest BCUT2D eigenvalue weighted by Crippen LogP contribution is 2.38. The predicted octanol–water partition coefficient (Wildman–Crippen LogP) is 3.74. The summed E-state index contributed by atoms with van der Waals surface area (Å²) < 4.78 is 5.59. The molecule has 2 aliphatic rings. The third kappa shape index (κ3) is 3.55. The molecule has 1 amide bonds. The third-order valence-corrected chi connectivity index (χ3v) is 7.44. The first kappa shape index (κ1) is 19.7. The molecule has 0 bridgehead atoms. The number of halogens is 1. The monoisotopic (exact) mass is 442 g/mol. The summed E-state index contributed by atoms with van der Waals surface area (Å²) in [6, 6.07) is 11.6. The van der Waals surface area contributed by atoms with Gasteiger partial charge in [-0.1, -0.05) is 35.1 Å². The van der Waals surface area contributed by atoms with Crippen LogP contribution in [0.4, 0.5) is 5.13 Å². The number of fused-ring (bicyclic) bond motifs is 1. The van der Waals surface area contributed by atoms with Crippen LogP contribution in [0.3, 0.4) is 0 Å². The first-order valence-electron chi connectivity index (χ1n) is 10.3. The summed E-state index contributed by atoms with van der Waals surface area (Å²) in [5.74, 6) is 0.207. The molecule has 1 aromatic carbocycles. The lowest BCUT2D eigenvalue weighted by molar-refractivity contribution is -0.141. The number of thiazole rings is 1. The van der Waals surface area contributed by atoms with Crippen molar-refractivity contribution >= 4 is 44.3 Å². The molecule has 2 saturated heterocycles. The van der Waals surface area contributed by atoms with Gasteiger partial charge in [-0.3, -0.25) is 4.79 Å². The fraction of sp³-hybridized carbons (Fsp3) is 0.409. The molecule has 0 aliphatic carbocycles. The Labute approximate surface area is 184 Å². The fourth-order valence-corrected chi connectivity index (χ4v) is 5.50. The summed E-state index contributed by atoms with van der Waals surface area (Å²) in [4.78, 5) is 28.1. The standard InChI is InChI=1S/C22H23ClN4O2S/c23-17-5-3-16(4-6-17)22(7-14-29-15-8-22)20(28)26-10-12-27(13-11-26)21-25-18-2-1-9-24-19(18)30-21/h1-6,9H,7-8,10-15H2. The quantitative estimate of drug-likeness (QED) is 0.618. The summed E-state index contributed by atoms with van der Waals surface area (Å²) in [7, 11) is 0. The molecule has 0 saturated carbocycles. The van der Waals surface area contributed by atoms with Crippen LogP contribution in [-0.4, -0.2) is 60.2 Å². The number of benzene rings is 1. The van der Waals surface area contributed by atoms with Gasteiger partial charge in [0.15, 0.2) is 5.13 Å². The Kier molecular flexibility index (Phi) is 5.35. The number of piperazine rings is 1. The Bertz CT molecular complexity index is 1010. The molecule has 2 aliphatic heterocycles. The minimum atomic E-state index is -0.523. The van der Waals surface area contributed by atoms with Gasteiger partial charge in [-0.05, 0) is 42.7 Å². The fourth-order valence-electron chi connectivity index (χ4n) is 4.41. The Morgan fingerprint density at radius 3 is 2.50 bits per heavy atom. The van der Waals surface area contributed by atoms with Gasteiger partial charge < -0.3 is 14.5 Å². The van der Waals surface area contributed by atoms with Crippen molar-refractivity contribution < 1.29 is 9.53 Å². The second-order valence-corrected chi connectivity index (χ2v) is 9.20. The summed E-state index contributed by atoms with van der Waals surface area (Å²) >= 11 is 7.70. The molecule has 0 N–H and O–H groups in total. The zero-order chi connectivity index (χ0) is 20.6. The van der Waals surface area contributed by atoms with Crippen molar-refractivity contribution in [3.05, 3.63) is 53.2 Å². The molecule has 6 nitrogen and oxygen atoms in total. The topological polar surface area (TPSA) is 58.6 Å². The Hall–Kier alpha value is -2.22. The van der Waals surface area contributed by atoms with Gasteiger partial charge in [-0.2, -0.15) is 0 Å². The molecule has 0 atom stereocenters. The van der Waals surface area contributed by atoms with Gasteiger partial charge >= 0.3 is 0 Å². The molecule has 0 unspecified atom stereocenters.